The third kappa shape index (κ3) is 4.70. The van der Waals surface area contributed by atoms with Crippen LogP contribution in [0.4, 0.5) is 11.4 Å². The van der Waals surface area contributed by atoms with Crippen molar-refractivity contribution in [2.75, 3.05) is 18.1 Å². The first kappa shape index (κ1) is 21.5. The zero-order chi connectivity index (χ0) is 22.2. The first-order valence-electron chi connectivity index (χ1n) is 9.88. The SMILES string of the molecule is CCOc1cc(N(C(=O)c2ccccc2)C(=O)c2ccccc2)c(OCC)cc1[N+]#N. The maximum Gasteiger partial charge on any atom is 0.430 e. The molecule has 7 nitrogen and oxygen atoms in total. The Morgan fingerprint density at radius 2 is 1.29 bits per heavy atom. The van der Waals surface area contributed by atoms with Crippen LogP contribution in [0.15, 0.2) is 72.8 Å². The van der Waals surface area contributed by atoms with E-state index in [4.69, 9.17) is 9.47 Å². The molecule has 0 aliphatic carbocycles. The quantitative estimate of drug-likeness (QED) is 0.377. The molecule has 0 atom stereocenters. The number of imide groups is 1. The number of hydrogen-bond acceptors (Lipinski definition) is 5. The predicted octanol–water partition coefficient (Wildman–Crippen LogP) is 5.46. The van der Waals surface area contributed by atoms with Gasteiger partial charge in [0.1, 0.15) is 0 Å². The monoisotopic (exact) mass is 416 g/mol. The van der Waals surface area contributed by atoms with Crippen molar-refractivity contribution in [1.29, 1.82) is 5.39 Å². The number of ether oxygens (including phenoxy) is 2. The van der Waals surface area contributed by atoms with E-state index in [2.05, 4.69) is 4.98 Å². The number of hydrogen-bond donors (Lipinski definition) is 0. The van der Waals surface area contributed by atoms with Gasteiger partial charge in [0.25, 0.3) is 11.8 Å². The lowest BCUT2D eigenvalue weighted by molar-refractivity contribution is 0.0896. The van der Waals surface area contributed by atoms with Crippen LogP contribution < -0.4 is 14.4 Å². The van der Waals surface area contributed by atoms with Gasteiger partial charge in [-0.25, -0.2) is 4.90 Å². The third-order valence-corrected chi connectivity index (χ3v) is 4.44. The Morgan fingerprint density at radius 1 is 0.806 bits per heavy atom. The minimum absolute atomic E-state index is 0.133. The van der Waals surface area contributed by atoms with Crippen molar-refractivity contribution in [3.63, 3.8) is 0 Å². The summed E-state index contributed by atoms with van der Waals surface area (Å²) in [7, 11) is 0. The summed E-state index contributed by atoms with van der Waals surface area (Å²) in [5.74, 6) is -0.611. The summed E-state index contributed by atoms with van der Waals surface area (Å²) in [6.07, 6.45) is 0. The van der Waals surface area contributed by atoms with Gasteiger partial charge in [0.15, 0.2) is 10.7 Å². The molecule has 0 spiro atoms. The van der Waals surface area contributed by atoms with Crippen molar-refractivity contribution in [2.24, 2.45) is 0 Å². The van der Waals surface area contributed by atoms with Crippen LogP contribution in [0.25, 0.3) is 4.98 Å². The lowest BCUT2D eigenvalue weighted by atomic mass is 10.1. The van der Waals surface area contributed by atoms with E-state index in [9.17, 15) is 15.0 Å². The molecule has 0 bridgehead atoms. The zero-order valence-corrected chi connectivity index (χ0v) is 17.3. The van der Waals surface area contributed by atoms with Gasteiger partial charge in [0.2, 0.25) is 11.1 Å². The number of carbonyl (C=O) groups is 2. The minimum atomic E-state index is -0.522. The van der Waals surface area contributed by atoms with E-state index < -0.39 is 11.8 Å². The van der Waals surface area contributed by atoms with Gasteiger partial charge in [-0.3, -0.25) is 9.59 Å². The summed E-state index contributed by atoms with van der Waals surface area (Å²) in [6, 6.07) is 19.9. The molecule has 0 radical (unpaired) electrons. The van der Waals surface area contributed by atoms with Crippen LogP contribution in [0.2, 0.25) is 0 Å². The lowest BCUT2D eigenvalue weighted by Crippen LogP contribution is -2.37. The molecule has 0 aliphatic heterocycles. The molecule has 0 unspecified atom stereocenters. The summed E-state index contributed by atoms with van der Waals surface area (Å²) in [6.45, 7) is 4.13. The number of rotatable bonds is 7. The van der Waals surface area contributed by atoms with Crippen LogP contribution in [0.3, 0.4) is 0 Å². The van der Waals surface area contributed by atoms with Gasteiger partial charge in [-0.1, -0.05) is 36.4 Å². The fraction of sp³-hybridized carbons (Fsp3) is 0.167. The van der Waals surface area contributed by atoms with Crippen LogP contribution in [0.1, 0.15) is 34.6 Å². The van der Waals surface area contributed by atoms with Crippen LogP contribution in [0.5, 0.6) is 11.5 Å². The van der Waals surface area contributed by atoms with Gasteiger partial charge in [-0.2, -0.15) is 0 Å². The fourth-order valence-electron chi connectivity index (χ4n) is 3.06. The van der Waals surface area contributed by atoms with Crippen LogP contribution in [0, 0.1) is 5.39 Å². The van der Waals surface area contributed by atoms with Crippen molar-refractivity contribution >= 4 is 23.2 Å². The molecule has 0 aromatic heterocycles. The molecule has 0 N–H and O–H groups in total. The molecule has 0 saturated carbocycles. The maximum absolute atomic E-state index is 13.5. The normalized spacial score (nSPS) is 10.1. The molecule has 7 heteroatoms. The standard InChI is InChI=1S/C24H22N3O4/c1-3-30-21-16-20(22(31-4-2)15-19(21)26-25)27(23(28)17-11-7-5-8-12-17)24(29)18-13-9-6-10-14-18/h5-16H,3-4H2,1-2H3/q+1. The van der Waals surface area contributed by atoms with Crippen LogP contribution >= 0.6 is 0 Å². The largest absolute Gasteiger partial charge is 0.491 e. The zero-order valence-electron chi connectivity index (χ0n) is 17.3. The highest BCUT2D eigenvalue weighted by Crippen LogP contribution is 2.41. The van der Waals surface area contributed by atoms with Gasteiger partial charge in [0, 0.05) is 17.2 Å². The molecule has 156 valence electrons. The summed E-state index contributed by atoms with van der Waals surface area (Å²) >= 11 is 0. The number of benzene rings is 3. The van der Waals surface area contributed by atoms with E-state index >= 15 is 0 Å². The smallest absolute Gasteiger partial charge is 0.430 e. The molecule has 3 rings (SSSR count). The van der Waals surface area contributed by atoms with Gasteiger partial charge in [-0.05, 0) is 38.1 Å². The van der Waals surface area contributed by atoms with Crippen molar-refractivity contribution in [3.8, 4) is 11.5 Å². The average Bonchev–Trinajstić information content (AvgIpc) is 2.81. The molecule has 0 saturated heterocycles. The Hall–Kier alpha value is -4.18. The molecular weight excluding hydrogens is 394 g/mol. The summed E-state index contributed by atoms with van der Waals surface area (Å²) in [5.41, 5.74) is 1.000. The van der Waals surface area contributed by atoms with Crippen LogP contribution in [-0.4, -0.2) is 25.0 Å². The fourth-order valence-corrected chi connectivity index (χ4v) is 3.06. The van der Waals surface area contributed by atoms with Gasteiger partial charge in [0.05, 0.1) is 25.0 Å². The van der Waals surface area contributed by atoms with Gasteiger partial charge in [-0.15, -0.1) is 0 Å². The summed E-state index contributed by atoms with van der Waals surface area (Å²) in [4.78, 5) is 31.3. The molecule has 3 aromatic carbocycles. The second kappa shape index (κ2) is 10.0. The Kier molecular flexibility index (Phi) is 6.97. The highest BCUT2D eigenvalue weighted by Gasteiger charge is 2.32. The van der Waals surface area contributed by atoms with Crippen molar-refractivity contribution in [3.05, 3.63) is 88.9 Å². The highest BCUT2D eigenvalue weighted by atomic mass is 16.5. The topological polar surface area (TPSA) is 84.0 Å². The first-order valence-corrected chi connectivity index (χ1v) is 9.88. The summed E-state index contributed by atoms with van der Waals surface area (Å²) < 4.78 is 11.3. The average molecular weight is 416 g/mol. The summed E-state index contributed by atoms with van der Waals surface area (Å²) in [5, 5.41) is 9.38. The Balaban J connectivity index is 2.23. The van der Waals surface area contributed by atoms with E-state index in [-0.39, 0.29) is 29.5 Å². The molecule has 3 aromatic rings. The Bertz CT molecular complexity index is 1060. The Labute approximate surface area is 180 Å². The van der Waals surface area contributed by atoms with E-state index in [1.807, 2.05) is 0 Å². The lowest BCUT2D eigenvalue weighted by Gasteiger charge is -2.23. The minimum Gasteiger partial charge on any atom is -0.491 e. The van der Waals surface area contributed by atoms with Gasteiger partial charge < -0.3 is 9.47 Å². The van der Waals surface area contributed by atoms with E-state index in [0.29, 0.717) is 17.7 Å². The number of carbonyl (C=O) groups excluding carboxylic acids is 2. The number of anilines is 1. The molecular formula is C24H22N3O4+. The second-order valence-electron chi connectivity index (χ2n) is 6.43. The molecule has 0 fully saturated rings. The number of diazo groups is 1. The first-order chi connectivity index (χ1) is 15.1. The third-order valence-electron chi connectivity index (χ3n) is 4.44. The Morgan fingerprint density at radius 3 is 1.74 bits per heavy atom. The predicted molar refractivity (Wildman–Crippen MR) is 118 cm³/mol. The number of amides is 2. The highest BCUT2D eigenvalue weighted by molar-refractivity contribution is 6.26. The maximum atomic E-state index is 13.5. The van der Waals surface area contributed by atoms with Crippen molar-refractivity contribution in [2.45, 2.75) is 13.8 Å². The van der Waals surface area contributed by atoms with E-state index in [1.54, 1.807) is 74.5 Å². The van der Waals surface area contributed by atoms with Crippen molar-refractivity contribution < 1.29 is 19.1 Å². The molecule has 0 heterocycles. The molecule has 0 aliphatic rings. The van der Waals surface area contributed by atoms with E-state index in [0.717, 1.165) is 4.90 Å². The van der Waals surface area contributed by atoms with Crippen molar-refractivity contribution in [1.82, 2.24) is 0 Å². The second-order valence-corrected chi connectivity index (χ2v) is 6.43. The van der Waals surface area contributed by atoms with E-state index in [1.165, 1.54) is 12.1 Å². The van der Waals surface area contributed by atoms with Crippen LogP contribution in [-0.2, 0) is 0 Å². The molecule has 31 heavy (non-hydrogen) atoms. The van der Waals surface area contributed by atoms with Gasteiger partial charge >= 0.3 is 5.69 Å². The molecule has 2 amide bonds. The number of nitrogens with zero attached hydrogens (tertiary/aromatic N) is 3.